The molecule has 10 heteroatoms. The number of rotatable bonds is 52. The minimum absolute atomic E-state index is 0.0221. The smallest absolute Gasteiger partial charge is 0.456 e. The van der Waals surface area contributed by atoms with E-state index in [1.54, 1.807) is 0 Å². The quantitative estimate of drug-likeness (QED) is 0.0205. The molecule has 0 aliphatic rings. The van der Waals surface area contributed by atoms with Crippen LogP contribution in [0.15, 0.2) is 109 Å². The molecule has 0 bridgehead atoms. The zero-order valence-corrected chi connectivity index (χ0v) is 49.2. The van der Waals surface area contributed by atoms with Crippen LogP contribution in [-0.2, 0) is 27.9 Å². The van der Waals surface area contributed by atoms with Gasteiger partial charge in [-0.05, 0) is 102 Å². The fourth-order valence-electron chi connectivity index (χ4n) is 7.88. The SMILES string of the molecule is CC/C=C\C/C=C\C/C=C\C/C=C\C/C=C\C/C=C\CCC(=O)OC(/C=C/CCCCCCCCCCCC)C(COP(=O)(O)OCC[N+](C)(C)C)NC(=O)CCCCCCCCC/C=C\C/C=C\CCCCC. The van der Waals surface area contributed by atoms with Gasteiger partial charge in [0.25, 0.3) is 0 Å². The van der Waals surface area contributed by atoms with Gasteiger partial charge in [-0.3, -0.25) is 18.6 Å². The maximum atomic E-state index is 13.5. The zero-order chi connectivity index (χ0) is 54.3. The van der Waals surface area contributed by atoms with Crippen LogP contribution < -0.4 is 5.32 Å². The Morgan fingerprint density at radius 1 is 0.486 bits per heavy atom. The van der Waals surface area contributed by atoms with Crippen LogP contribution in [0.3, 0.4) is 0 Å². The highest BCUT2D eigenvalue weighted by Gasteiger charge is 2.30. The number of allylic oxidation sites excluding steroid dienone is 17. The monoisotopic (exact) mass is 1050 g/mol. The first-order valence-electron chi connectivity index (χ1n) is 29.7. The van der Waals surface area contributed by atoms with E-state index in [-0.39, 0.29) is 25.5 Å². The standard InChI is InChI=1S/C64H111N2O7P/c1-7-10-13-16-19-22-25-28-30-32-33-35-37-39-42-45-48-51-54-57-64(68)73-62(55-52-49-46-43-40-27-24-21-18-15-12-9-3)61(60-72-74(69,70)71-59-58-66(4,5)6)65-63(67)56-53-50-47-44-41-38-36-34-31-29-26-23-20-17-14-11-8-2/h10,13,19-20,22-23,28-31,33,35,39,42,48,51-52,55,61-62H,7-9,11-12,14-18,21,24-27,32,34,36-38,40-41,43-47,49-50,53-54,56-60H2,1-6H3,(H-,65,67,69,70)/p+1/b13-10-,22-19-,23-20-,30-28-,31-29-,35-33-,42-39-,51-48-,55-52+. The lowest BCUT2D eigenvalue weighted by Crippen LogP contribution is -2.47. The summed E-state index contributed by atoms with van der Waals surface area (Å²) < 4.78 is 30.6. The van der Waals surface area contributed by atoms with Crippen molar-refractivity contribution in [2.24, 2.45) is 0 Å². The molecule has 0 aromatic carbocycles. The first-order valence-corrected chi connectivity index (χ1v) is 31.2. The molecule has 0 radical (unpaired) electrons. The number of ether oxygens (including phenoxy) is 1. The number of carbonyl (C=O) groups is 2. The van der Waals surface area contributed by atoms with Crippen LogP contribution in [0, 0.1) is 0 Å². The summed E-state index contributed by atoms with van der Waals surface area (Å²) in [6.45, 7) is 6.80. The molecule has 2 N–H and O–H groups in total. The minimum Gasteiger partial charge on any atom is -0.456 e. The lowest BCUT2D eigenvalue weighted by molar-refractivity contribution is -0.870. The number of amides is 1. The average molecular weight is 1050 g/mol. The highest BCUT2D eigenvalue weighted by atomic mass is 31.2. The molecule has 0 fully saturated rings. The van der Waals surface area contributed by atoms with Crippen molar-refractivity contribution in [3.63, 3.8) is 0 Å². The van der Waals surface area contributed by atoms with E-state index in [0.29, 0.717) is 23.9 Å². The number of likely N-dealkylation sites (N-methyl/N-ethyl adjacent to an activating group) is 1. The van der Waals surface area contributed by atoms with Gasteiger partial charge in [0.2, 0.25) is 5.91 Å². The largest absolute Gasteiger partial charge is 0.472 e. The molecule has 0 saturated heterocycles. The number of nitrogens with one attached hydrogen (secondary N) is 1. The Hall–Kier alpha value is -3.33. The van der Waals surface area contributed by atoms with Crippen molar-refractivity contribution in [2.75, 3.05) is 40.9 Å². The Bertz CT molecular complexity index is 1640. The second-order valence-corrected chi connectivity index (χ2v) is 22.2. The number of phosphoric acid groups is 1. The molecule has 3 atom stereocenters. The van der Waals surface area contributed by atoms with Gasteiger partial charge in [0, 0.05) is 12.8 Å². The summed E-state index contributed by atoms with van der Waals surface area (Å²) in [4.78, 5) is 37.6. The third kappa shape index (κ3) is 53.5. The molecule has 0 aliphatic carbocycles. The Labute approximate surface area is 455 Å². The van der Waals surface area contributed by atoms with Crippen LogP contribution in [0.25, 0.3) is 0 Å². The van der Waals surface area contributed by atoms with E-state index in [1.165, 1.54) is 96.3 Å². The van der Waals surface area contributed by atoms with Crippen molar-refractivity contribution >= 4 is 19.7 Å². The Morgan fingerprint density at radius 3 is 1.35 bits per heavy atom. The highest BCUT2D eigenvalue weighted by Crippen LogP contribution is 2.43. The molecule has 424 valence electrons. The van der Waals surface area contributed by atoms with E-state index in [1.807, 2.05) is 39.4 Å². The van der Waals surface area contributed by atoms with E-state index in [4.69, 9.17) is 13.8 Å². The molecule has 0 spiro atoms. The molecule has 0 heterocycles. The number of nitrogens with zero attached hydrogens (tertiary/aromatic N) is 1. The van der Waals surface area contributed by atoms with Gasteiger partial charge in [0.05, 0.1) is 33.8 Å². The fraction of sp³-hybridized carbons (Fsp3) is 0.688. The molecule has 9 nitrogen and oxygen atoms in total. The van der Waals surface area contributed by atoms with Gasteiger partial charge in [-0.1, -0.05) is 227 Å². The summed E-state index contributed by atoms with van der Waals surface area (Å²) in [5, 5.41) is 3.02. The summed E-state index contributed by atoms with van der Waals surface area (Å²) >= 11 is 0. The summed E-state index contributed by atoms with van der Waals surface area (Å²) in [6, 6.07) is -0.889. The van der Waals surface area contributed by atoms with Crippen molar-refractivity contribution in [1.29, 1.82) is 0 Å². The van der Waals surface area contributed by atoms with Gasteiger partial charge < -0.3 is 19.4 Å². The predicted molar refractivity (Wildman–Crippen MR) is 318 cm³/mol. The zero-order valence-electron chi connectivity index (χ0n) is 48.3. The molecule has 0 rings (SSSR count). The molecular weight excluding hydrogens is 940 g/mol. The molecule has 0 aromatic heterocycles. The number of hydrogen-bond donors (Lipinski definition) is 2. The van der Waals surface area contributed by atoms with Crippen LogP contribution in [0.2, 0.25) is 0 Å². The Morgan fingerprint density at radius 2 is 0.878 bits per heavy atom. The summed E-state index contributed by atoms with van der Waals surface area (Å²) in [6.07, 6.45) is 72.4. The summed E-state index contributed by atoms with van der Waals surface area (Å²) in [5.41, 5.74) is 0. The number of esters is 1. The number of hydrogen-bond acceptors (Lipinski definition) is 6. The predicted octanol–water partition coefficient (Wildman–Crippen LogP) is 18.2. The van der Waals surface area contributed by atoms with E-state index in [2.05, 4.69) is 117 Å². The van der Waals surface area contributed by atoms with E-state index >= 15 is 0 Å². The second kappa shape index (κ2) is 53.1. The Balaban J connectivity index is 5.45. The van der Waals surface area contributed by atoms with Gasteiger partial charge in [0.1, 0.15) is 19.3 Å². The minimum atomic E-state index is -4.47. The molecular formula is C64H112N2O7P+. The number of phosphoric ester groups is 1. The number of carbonyl (C=O) groups excluding carboxylic acids is 2. The van der Waals surface area contributed by atoms with Gasteiger partial charge in [-0.2, -0.15) is 0 Å². The maximum absolute atomic E-state index is 13.5. The van der Waals surface area contributed by atoms with Gasteiger partial charge >= 0.3 is 13.8 Å². The van der Waals surface area contributed by atoms with Gasteiger partial charge in [-0.15, -0.1) is 0 Å². The number of quaternary nitrogens is 1. The van der Waals surface area contributed by atoms with Crippen molar-refractivity contribution in [3.05, 3.63) is 109 Å². The van der Waals surface area contributed by atoms with Crippen LogP contribution in [0.1, 0.15) is 233 Å². The van der Waals surface area contributed by atoms with E-state index in [9.17, 15) is 19.0 Å². The van der Waals surface area contributed by atoms with Crippen molar-refractivity contribution < 1.29 is 37.3 Å². The van der Waals surface area contributed by atoms with Crippen LogP contribution in [0.4, 0.5) is 0 Å². The normalized spacial score (nSPS) is 14.5. The molecule has 1 amide bonds. The third-order valence-electron chi connectivity index (χ3n) is 12.5. The molecule has 74 heavy (non-hydrogen) atoms. The average Bonchev–Trinajstić information content (AvgIpc) is 3.36. The molecule has 0 saturated carbocycles. The van der Waals surface area contributed by atoms with Crippen molar-refractivity contribution in [1.82, 2.24) is 5.32 Å². The fourth-order valence-corrected chi connectivity index (χ4v) is 8.61. The first kappa shape index (κ1) is 70.7. The molecule has 0 aromatic rings. The van der Waals surface area contributed by atoms with Crippen molar-refractivity contribution in [3.8, 4) is 0 Å². The second-order valence-electron chi connectivity index (χ2n) is 20.8. The summed E-state index contributed by atoms with van der Waals surface area (Å²) in [5.74, 6) is -0.618. The molecule has 3 unspecified atom stereocenters. The van der Waals surface area contributed by atoms with Crippen LogP contribution in [0.5, 0.6) is 0 Å². The number of unbranched alkanes of at least 4 members (excludes halogenated alkanes) is 20. The third-order valence-corrected chi connectivity index (χ3v) is 13.4. The lowest BCUT2D eigenvalue weighted by Gasteiger charge is -2.27. The highest BCUT2D eigenvalue weighted by molar-refractivity contribution is 7.47. The maximum Gasteiger partial charge on any atom is 0.472 e. The van der Waals surface area contributed by atoms with Crippen LogP contribution in [-0.4, -0.2) is 74.3 Å². The van der Waals surface area contributed by atoms with Gasteiger partial charge in [0.15, 0.2) is 0 Å². The first-order chi connectivity index (χ1) is 35.9. The summed E-state index contributed by atoms with van der Waals surface area (Å²) in [7, 11) is 1.44. The van der Waals surface area contributed by atoms with E-state index < -0.39 is 25.9 Å². The topological polar surface area (TPSA) is 111 Å². The van der Waals surface area contributed by atoms with Gasteiger partial charge in [-0.25, -0.2) is 4.57 Å². The Kier molecular flexibility index (Phi) is 50.7. The molecule has 0 aliphatic heterocycles. The van der Waals surface area contributed by atoms with Crippen molar-refractivity contribution in [2.45, 2.75) is 245 Å². The van der Waals surface area contributed by atoms with E-state index in [0.717, 1.165) is 96.3 Å². The lowest BCUT2D eigenvalue weighted by atomic mass is 10.0. The van der Waals surface area contributed by atoms with Crippen LogP contribution >= 0.6 is 7.82 Å².